The highest BCUT2D eigenvalue weighted by molar-refractivity contribution is 7.99. The van der Waals surface area contributed by atoms with E-state index < -0.39 is 5.82 Å². The number of nitrogens with zero attached hydrogens (tertiary/aromatic N) is 9. The molecule has 0 N–H and O–H groups in total. The molecule has 0 unspecified atom stereocenters. The van der Waals surface area contributed by atoms with Crippen LogP contribution in [0.2, 0.25) is 0 Å². The van der Waals surface area contributed by atoms with Gasteiger partial charge in [-0.3, -0.25) is 4.68 Å². The predicted molar refractivity (Wildman–Crippen MR) is 144 cm³/mol. The summed E-state index contributed by atoms with van der Waals surface area (Å²) in [6.07, 6.45) is 10.8. The fourth-order valence-corrected chi connectivity index (χ4v) is 6.13. The normalized spacial score (nSPS) is 15.3. The third kappa shape index (κ3) is 4.58. The molecule has 1 aliphatic heterocycles. The van der Waals surface area contributed by atoms with Crippen molar-refractivity contribution in [3.63, 3.8) is 0 Å². The molecule has 5 heterocycles. The highest BCUT2D eigenvalue weighted by Gasteiger charge is 2.26. The largest absolute Gasteiger partial charge is 0.339 e. The summed E-state index contributed by atoms with van der Waals surface area (Å²) in [5.41, 5.74) is 4.12. The molecule has 0 spiro atoms. The van der Waals surface area contributed by atoms with E-state index in [4.69, 9.17) is 5.10 Å². The van der Waals surface area contributed by atoms with Crippen molar-refractivity contribution >= 4 is 23.2 Å². The third-order valence-corrected chi connectivity index (χ3v) is 8.02. The summed E-state index contributed by atoms with van der Waals surface area (Å²) in [6.45, 7) is 3.71. The van der Waals surface area contributed by atoms with E-state index in [1.54, 1.807) is 23.0 Å². The van der Waals surface area contributed by atoms with Crippen LogP contribution in [0.1, 0.15) is 35.7 Å². The van der Waals surface area contributed by atoms with Gasteiger partial charge in [0.05, 0.1) is 35.1 Å². The zero-order valence-electron chi connectivity index (χ0n) is 21.0. The highest BCUT2D eigenvalue weighted by Crippen LogP contribution is 2.38. The van der Waals surface area contributed by atoms with Crippen molar-refractivity contribution in [3.05, 3.63) is 84.0 Å². The van der Waals surface area contributed by atoms with Gasteiger partial charge in [0.15, 0.2) is 0 Å². The zero-order chi connectivity index (χ0) is 26.9. The smallest absolute Gasteiger partial charge is 0.225 e. The van der Waals surface area contributed by atoms with Gasteiger partial charge >= 0.3 is 0 Å². The molecule has 1 saturated heterocycles. The van der Waals surface area contributed by atoms with Crippen LogP contribution in [0.5, 0.6) is 0 Å². The van der Waals surface area contributed by atoms with Crippen molar-refractivity contribution < 1.29 is 4.39 Å². The lowest BCUT2D eigenvalue weighted by atomic mass is 10.0. The Balaban J connectivity index is 1.38. The quantitative estimate of drug-likeness (QED) is 0.303. The number of fused-ring (bicyclic) bond motifs is 1. The Morgan fingerprint density at radius 2 is 1.85 bits per heavy atom. The van der Waals surface area contributed by atoms with Crippen molar-refractivity contribution in [3.8, 4) is 23.3 Å². The summed E-state index contributed by atoms with van der Waals surface area (Å²) < 4.78 is 17.5. The van der Waals surface area contributed by atoms with Crippen LogP contribution in [0.3, 0.4) is 0 Å². The summed E-state index contributed by atoms with van der Waals surface area (Å²) in [5.74, 6) is 0.254. The number of hydrogen-bond acceptors (Lipinski definition) is 8. The molecule has 0 saturated carbocycles. The lowest BCUT2D eigenvalue weighted by Gasteiger charge is -2.33. The molecule has 1 fully saturated rings. The summed E-state index contributed by atoms with van der Waals surface area (Å²) in [6, 6.07) is 12.3. The minimum absolute atomic E-state index is 0.168. The Morgan fingerprint density at radius 3 is 2.64 bits per heavy atom. The van der Waals surface area contributed by atoms with Gasteiger partial charge in [-0.25, -0.2) is 18.9 Å². The zero-order valence-corrected chi connectivity index (χ0v) is 21.8. The van der Waals surface area contributed by atoms with Gasteiger partial charge in [-0.15, -0.1) is 0 Å². The lowest BCUT2D eigenvalue weighted by Crippen LogP contribution is -2.38. The summed E-state index contributed by atoms with van der Waals surface area (Å²) >= 11 is 1.31. The maximum Gasteiger partial charge on any atom is 0.225 e. The Kier molecular flexibility index (Phi) is 6.43. The third-order valence-electron chi connectivity index (χ3n) is 6.91. The van der Waals surface area contributed by atoms with E-state index in [0.29, 0.717) is 16.0 Å². The standard InChI is InChI=1S/C28H22FN9S/c1-18-24(15-35-38(18)23-4-2-9-36(17-23)28-32-7-3-8-33-28)20-11-26(27-21(13-31)14-34-37(27)16-20)39-25-6-5-22(29)10-19(25)12-30/h3,5-8,10-11,14-16,23H,2,4,9,17H2,1H3/t23-/m0/s1. The molecular formula is C28H22FN9S. The van der Waals surface area contributed by atoms with Gasteiger partial charge in [-0.2, -0.15) is 20.7 Å². The van der Waals surface area contributed by atoms with Gasteiger partial charge in [0, 0.05) is 58.3 Å². The molecule has 9 nitrogen and oxygen atoms in total. The maximum absolute atomic E-state index is 13.8. The van der Waals surface area contributed by atoms with Crippen LogP contribution in [-0.4, -0.2) is 42.5 Å². The van der Waals surface area contributed by atoms with Gasteiger partial charge in [-0.05, 0) is 50.1 Å². The molecule has 39 heavy (non-hydrogen) atoms. The van der Waals surface area contributed by atoms with Crippen LogP contribution < -0.4 is 4.90 Å². The van der Waals surface area contributed by atoms with E-state index in [2.05, 4.69) is 43.7 Å². The molecule has 5 aromatic rings. The van der Waals surface area contributed by atoms with Gasteiger partial charge < -0.3 is 4.90 Å². The van der Waals surface area contributed by atoms with Gasteiger partial charge in [0.1, 0.15) is 18.0 Å². The first-order valence-corrected chi connectivity index (χ1v) is 13.2. The maximum atomic E-state index is 13.8. The summed E-state index contributed by atoms with van der Waals surface area (Å²) in [4.78, 5) is 12.4. The van der Waals surface area contributed by atoms with Gasteiger partial charge in [0.25, 0.3) is 0 Å². The topological polar surface area (TPSA) is 112 Å². The number of halogens is 1. The number of nitriles is 2. The molecule has 1 atom stereocenters. The Bertz CT molecular complexity index is 1760. The van der Waals surface area contributed by atoms with Crippen LogP contribution in [0, 0.1) is 35.4 Å². The average Bonchev–Trinajstić information content (AvgIpc) is 3.57. The summed E-state index contributed by atoms with van der Waals surface area (Å²) in [5, 5.41) is 28.4. The number of hydrogen-bond donors (Lipinski definition) is 0. The number of rotatable bonds is 5. The highest BCUT2D eigenvalue weighted by atomic mass is 32.2. The fourth-order valence-electron chi connectivity index (χ4n) is 5.05. The van der Waals surface area contributed by atoms with E-state index in [1.165, 1.54) is 30.1 Å². The van der Waals surface area contributed by atoms with E-state index >= 15 is 0 Å². The molecule has 11 heteroatoms. The average molecular weight is 536 g/mol. The molecule has 0 amide bonds. The number of piperidine rings is 1. The van der Waals surface area contributed by atoms with Crippen LogP contribution in [0.4, 0.5) is 10.3 Å². The molecule has 1 aliphatic rings. The molecule has 6 rings (SSSR count). The first-order valence-electron chi connectivity index (χ1n) is 12.4. The van der Waals surface area contributed by atoms with Crippen molar-refractivity contribution in [1.29, 1.82) is 10.5 Å². The molecule has 0 bridgehead atoms. The number of aromatic nitrogens is 6. The van der Waals surface area contributed by atoms with E-state index in [0.717, 1.165) is 53.6 Å². The number of benzene rings is 1. The van der Waals surface area contributed by atoms with Gasteiger partial charge in [0.2, 0.25) is 5.95 Å². The second-order valence-corrected chi connectivity index (χ2v) is 10.4. The second kappa shape index (κ2) is 10.2. The second-order valence-electron chi connectivity index (χ2n) is 9.29. The number of anilines is 1. The van der Waals surface area contributed by atoms with E-state index in [9.17, 15) is 14.9 Å². The molecule has 192 valence electrons. The Hall–Kier alpha value is -4.74. The van der Waals surface area contributed by atoms with Crippen LogP contribution in [-0.2, 0) is 0 Å². The first kappa shape index (κ1) is 24.6. The minimum atomic E-state index is -0.472. The van der Waals surface area contributed by atoms with Crippen molar-refractivity contribution in [2.75, 3.05) is 18.0 Å². The van der Waals surface area contributed by atoms with Gasteiger partial charge in [-0.1, -0.05) is 11.8 Å². The van der Waals surface area contributed by atoms with Crippen molar-refractivity contribution in [2.24, 2.45) is 0 Å². The molecule has 4 aromatic heterocycles. The van der Waals surface area contributed by atoms with Crippen molar-refractivity contribution in [2.45, 2.75) is 35.6 Å². The molecular weight excluding hydrogens is 513 g/mol. The molecule has 0 aliphatic carbocycles. The molecule has 0 radical (unpaired) electrons. The minimum Gasteiger partial charge on any atom is -0.339 e. The Morgan fingerprint density at radius 1 is 1.03 bits per heavy atom. The Labute approximate surface area is 228 Å². The molecule has 1 aromatic carbocycles. The van der Waals surface area contributed by atoms with Crippen molar-refractivity contribution in [1.82, 2.24) is 29.4 Å². The number of pyridine rings is 1. The summed E-state index contributed by atoms with van der Waals surface area (Å²) in [7, 11) is 0. The van der Waals surface area contributed by atoms with Crippen LogP contribution in [0.15, 0.2) is 71.1 Å². The first-order chi connectivity index (χ1) is 19.1. The van der Waals surface area contributed by atoms with Crippen LogP contribution in [0.25, 0.3) is 16.6 Å². The SMILES string of the molecule is Cc1c(-c2cc(Sc3ccc(F)cc3C#N)c3c(C#N)cnn3c2)cnn1[C@H]1CCCN(c2ncccn2)C1. The van der Waals surface area contributed by atoms with Crippen LogP contribution >= 0.6 is 11.8 Å². The lowest BCUT2D eigenvalue weighted by molar-refractivity contribution is 0.368. The monoisotopic (exact) mass is 535 g/mol. The van der Waals surface area contributed by atoms with E-state index in [1.807, 2.05) is 24.5 Å². The van der Waals surface area contributed by atoms with E-state index in [-0.39, 0.29) is 11.6 Å². The fraction of sp³-hybridized carbons (Fsp3) is 0.214. The predicted octanol–water partition coefficient (Wildman–Crippen LogP) is 5.17.